The number of rotatable bonds is 6. The molecule has 3 rings (SSSR count). The van der Waals surface area contributed by atoms with Crippen LogP contribution in [-0.2, 0) is 24.8 Å². The van der Waals surface area contributed by atoms with Crippen LogP contribution in [0.1, 0.15) is 28.4 Å². The Morgan fingerprint density at radius 1 is 0.871 bits per heavy atom. The van der Waals surface area contributed by atoms with Crippen molar-refractivity contribution in [2.45, 2.75) is 30.6 Å². The Bertz CT molecular complexity index is 1170. The molecular weight excluding hydrogens is 440 g/mol. The number of piperazine rings is 1. The van der Waals surface area contributed by atoms with Gasteiger partial charge in [0.2, 0.25) is 20.0 Å². The number of aryl methyl sites for hydroxylation is 2. The number of carbonyl (C=O) groups excluding carboxylic acids is 1. The van der Waals surface area contributed by atoms with Crippen LogP contribution >= 0.6 is 0 Å². The summed E-state index contributed by atoms with van der Waals surface area (Å²) in [6, 6.07) is 10.8. The van der Waals surface area contributed by atoms with Gasteiger partial charge in [-0.15, -0.1) is 0 Å². The molecular formula is C21H26N2O6S2. The largest absolute Gasteiger partial charge is 0.462 e. The molecule has 0 spiro atoms. The lowest BCUT2D eigenvalue weighted by atomic mass is 10.2. The number of benzene rings is 2. The van der Waals surface area contributed by atoms with Crippen molar-refractivity contribution >= 4 is 26.0 Å². The molecule has 1 heterocycles. The fraction of sp³-hybridized carbons (Fsp3) is 0.381. The Balaban J connectivity index is 1.74. The highest BCUT2D eigenvalue weighted by Gasteiger charge is 2.34. The average molecular weight is 467 g/mol. The molecule has 1 saturated heterocycles. The summed E-state index contributed by atoms with van der Waals surface area (Å²) in [5.41, 5.74) is 1.77. The van der Waals surface area contributed by atoms with E-state index < -0.39 is 26.0 Å². The highest BCUT2D eigenvalue weighted by molar-refractivity contribution is 7.89. The van der Waals surface area contributed by atoms with Crippen molar-refractivity contribution in [1.29, 1.82) is 0 Å². The van der Waals surface area contributed by atoms with Gasteiger partial charge in [-0.25, -0.2) is 21.6 Å². The van der Waals surface area contributed by atoms with Gasteiger partial charge in [-0.05, 0) is 62.2 Å². The first kappa shape index (κ1) is 23.4. The van der Waals surface area contributed by atoms with Crippen molar-refractivity contribution in [3.63, 3.8) is 0 Å². The van der Waals surface area contributed by atoms with E-state index in [-0.39, 0.29) is 48.1 Å². The van der Waals surface area contributed by atoms with Crippen LogP contribution in [0.4, 0.5) is 0 Å². The lowest BCUT2D eigenvalue weighted by molar-refractivity contribution is 0.0526. The molecule has 0 aliphatic carbocycles. The quantitative estimate of drug-likeness (QED) is 0.605. The Hall–Kier alpha value is -2.27. The van der Waals surface area contributed by atoms with Crippen molar-refractivity contribution in [2.24, 2.45) is 0 Å². The zero-order valence-electron chi connectivity index (χ0n) is 17.7. The Kier molecular flexibility index (Phi) is 6.85. The van der Waals surface area contributed by atoms with Gasteiger partial charge in [-0.3, -0.25) is 0 Å². The number of esters is 1. The summed E-state index contributed by atoms with van der Waals surface area (Å²) in [5, 5.41) is 0. The van der Waals surface area contributed by atoms with E-state index in [0.29, 0.717) is 5.56 Å². The Morgan fingerprint density at radius 2 is 1.42 bits per heavy atom. The lowest BCUT2D eigenvalue weighted by Gasteiger charge is -2.33. The van der Waals surface area contributed by atoms with E-state index in [1.54, 1.807) is 26.0 Å². The monoisotopic (exact) mass is 466 g/mol. The first-order chi connectivity index (χ1) is 14.6. The molecule has 1 fully saturated rings. The molecule has 8 nitrogen and oxygen atoms in total. The molecule has 168 valence electrons. The van der Waals surface area contributed by atoms with Gasteiger partial charge < -0.3 is 4.74 Å². The minimum Gasteiger partial charge on any atom is -0.462 e. The highest BCUT2D eigenvalue weighted by Crippen LogP contribution is 2.24. The molecule has 0 amide bonds. The standard InChI is InChI=1S/C21H26N2O6S2/c1-4-29-21(24)18-7-9-19(10-8-18)30(25,26)22-11-13-23(14-12-22)31(27,28)20-15-16(2)5-6-17(20)3/h5-10,15H,4,11-14H2,1-3H3. The molecule has 0 saturated carbocycles. The molecule has 1 aliphatic heterocycles. The van der Waals surface area contributed by atoms with E-state index in [4.69, 9.17) is 4.74 Å². The van der Waals surface area contributed by atoms with Gasteiger partial charge >= 0.3 is 5.97 Å². The topological polar surface area (TPSA) is 101 Å². The lowest BCUT2D eigenvalue weighted by Crippen LogP contribution is -2.50. The maximum absolute atomic E-state index is 13.1. The second-order valence-electron chi connectivity index (χ2n) is 7.32. The smallest absolute Gasteiger partial charge is 0.338 e. The van der Waals surface area contributed by atoms with Crippen molar-refractivity contribution in [3.8, 4) is 0 Å². The SMILES string of the molecule is CCOC(=O)c1ccc(S(=O)(=O)N2CCN(S(=O)(=O)c3cc(C)ccc3C)CC2)cc1. The molecule has 10 heteroatoms. The summed E-state index contributed by atoms with van der Waals surface area (Å²) in [5.74, 6) is -0.517. The first-order valence-corrected chi connectivity index (χ1v) is 12.8. The summed E-state index contributed by atoms with van der Waals surface area (Å²) in [6.45, 7) is 5.72. The van der Waals surface area contributed by atoms with Gasteiger partial charge in [-0.2, -0.15) is 8.61 Å². The molecule has 2 aromatic rings. The number of hydrogen-bond donors (Lipinski definition) is 0. The van der Waals surface area contributed by atoms with Gasteiger partial charge in [0.25, 0.3) is 0 Å². The molecule has 0 unspecified atom stereocenters. The Labute approximate surface area is 183 Å². The maximum atomic E-state index is 13.1. The van der Waals surface area contributed by atoms with Gasteiger partial charge in [-0.1, -0.05) is 12.1 Å². The van der Waals surface area contributed by atoms with E-state index in [1.807, 2.05) is 13.0 Å². The molecule has 0 aromatic heterocycles. The average Bonchev–Trinajstić information content (AvgIpc) is 2.75. The molecule has 0 N–H and O–H groups in total. The van der Waals surface area contributed by atoms with Crippen LogP contribution in [0.25, 0.3) is 0 Å². The maximum Gasteiger partial charge on any atom is 0.338 e. The van der Waals surface area contributed by atoms with Crippen molar-refractivity contribution < 1.29 is 26.4 Å². The summed E-state index contributed by atoms with van der Waals surface area (Å²) in [6.07, 6.45) is 0. The molecule has 0 radical (unpaired) electrons. The fourth-order valence-corrected chi connectivity index (χ4v) is 6.56. The van der Waals surface area contributed by atoms with E-state index in [1.165, 1.54) is 32.9 Å². The fourth-order valence-electron chi connectivity index (χ4n) is 3.40. The number of carbonyl (C=O) groups is 1. The van der Waals surface area contributed by atoms with Gasteiger partial charge in [0, 0.05) is 26.2 Å². The predicted molar refractivity (Wildman–Crippen MR) is 116 cm³/mol. The van der Waals surface area contributed by atoms with E-state index >= 15 is 0 Å². The van der Waals surface area contributed by atoms with Crippen molar-refractivity contribution in [2.75, 3.05) is 32.8 Å². The second-order valence-corrected chi connectivity index (χ2v) is 11.2. The molecule has 1 aliphatic rings. The third kappa shape index (κ3) is 4.82. The number of nitrogens with zero attached hydrogens (tertiary/aromatic N) is 2. The molecule has 0 atom stereocenters. The molecule has 31 heavy (non-hydrogen) atoms. The van der Waals surface area contributed by atoms with E-state index in [9.17, 15) is 21.6 Å². The van der Waals surface area contributed by atoms with Crippen LogP contribution in [0.2, 0.25) is 0 Å². The van der Waals surface area contributed by atoms with E-state index in [0.717, 1.165) is 5.56 Å². The minimum absolute atomic E-state index is 0.0476. The van der Waals surface area contributed by atoms with Crippen LogP contribution in [0.3, 0.4) is 0 Å². The number of sulfonamides is 2. The Morgan fingerprint density at radius 3 is 1.97 bits per heavy atom. The van der Waals surface area contributed by atoms with Crippen LogP contribution in [-0.4, -0.2) is 64.2 Å². The van der Waals surface area contributed by atoms with Crippen molar-refractivity contribution in [1.82, 2.24) is 8.61 Å². The highest BCUT2D eigenvalue weighted by atomic mass is 32.2. The summed E-state index contributed by atoms with van der Waals surface area (Å²) in [7, 11) is -7.51. The number of hydrogen-bond acceptors (Lipinski definition) is 6. The minimum atomic E-state index is -3.81. The van der Waals surface area contributed by atoms with Crippen LogP contribution in [0.15, 0.2) is 52.3 Å². The van der Waals surface area contributed by atoms with E-state index in [2.05, 4.69) is 0 Å². The second kappa shape index (κ2) is 9.07. The zero-order valence-corrected chi connectivity index (χ0v) is 19.4. The third-order valence-electron chi connectivity index (χ3n) is 5.16. The van der Waals surface area contributed by atoms with Gasteiger partial charge in [0.15, 0.2) is 0 Å². The van der Waals surface area contributed by atoms with Crippen LogP contribution in [0, 0.1) is 13.8 Å². The zero-order chi connectivity index (χ0) is 22.8. The predicted octanol–water partition coefficient (Wildman–Crippen LogP) is 2.18. The first-order valence-electron chi connectivity index (χ1n) is 9.92. The van der Waals surface area contributed by atoms with Crippen molar-refractivity contribution in [3.05, 3.63) is 59.2 Å². The molecule has 0 bridgehead atoms. The van der Waals surface area contributed by atoms with Gasteiger partial charge in [0.05, 0.1) is 22.0 Å². The number of ether oxygens (including phenoxy) is 1. The van der Waals surface area contributed by atoms with Gasteiger partial charge in [0.1, 0.15) is 0 Å². The third-order valence-corrected chi connectivity index (χ3v) is 9.12. The summed E-state index contributed by atoms with van der Waals surface area (Å²) < 4.78 is 59.5. The summed E-state index contributed by atoms with van der Waals surface area (Å²) >= 11 is 0. The summed E-state index contributed by atoms with van der Waals surface area (Å²) in [4.78, 5) is 12.1. The van der Waals surface area contributed by atoms with Crippen LogP contribution < -0.4 is 0 Å². The molecule has 2 aromatic carbocycles. The van der Waals surface area contributed by atoms with Crippen LogP contribution in [0.5, 0.6) is 0 Å². The normalized spacial score (nSPS) is 16.2.